The number of sulfone groups is 1. The molecule has 1 unspecified atom stereocenters. The van der Waals surface area contributed by atoms with Crippen molar-refractivity contribution in [2.45, 2.75) is 26.3 Å². The molecule has 0 radical (unpaired) electrons. The Bertz CT molecular complexity index is 926. The normalized spacial score (nSPS) is 18.5. The number of nitrogens with zero attached hydrogens (tertiary/aromatic N) is 3. The summed E-state index contributed by atoms with van der Waals surface area (Å²) < 4.78 is 23.3. The van der Waals surface area contributed by atoms with Crippen molar-refractivity contribution in [1.82, 2.24) is 10.2 Å². The smallest absolute Gasteiger partial charge is 0.276 e. The second kappa shape index (κ2) is 7.03. The van der Waals surface area contributed by atoms with Crippen LogP contribution in [0.1, 0.15) is 28.0 Å². The lowest BCUT2D eigenvalue weighted by atomic mass is 10.1. The van der Waals surface area contributed by atoms with Crippen LogP contribution in [0.5, 0.6) is 0 Å². The van der Waals surface area contributed by atoms with Crippen molar-refractivity contribution in [2.24, 2.45) is 0 Å². The Morgan fingerprint density at radius 2 is 1.96 bits per heavy atom. The quantitative estimate of drug-likeness (QED) is 0.880. The van der Waals surface area contributed by atoms with E-state index in [2.05, 4.69) is 15.5 Å². The maximum Gasteiger partial charge on any atom is 0.276 e. The highest BCUT2D eigenvalue weighted by Crippen LogP contribution is 2.21. The van der Waals surface area contributed by atoms with Crippen LogP contribution in [0, 0.1) is 13.8 Å². The Morgan fingerprint density at radius 1 is 1.19 bits per heavy atom. The average Bonchev–Trinajstić information content (AvgIpc) is 2.97. The van der Waals surface area contributed by atoms with E-state index in [0.29, 0.717) is 12.2 Å². The van der Waals surface area contributed by atoms with Crippen LogP contribution >= 0.6 is 0 Å². The molecule has 1 aromatic carbocycles. The number of hydrogen-bond acceptors (Lipinski definition) is 6. The van der Waals surface area contributed by atoms with Crippen LogP contribution in [-0.2, 0) is 9.84 Å². The van der Waals surface area contributed by atoms with E-state index < -0.39 is 9.84 Å². The Kier molecular flexibility index (Phi) is 4.95. The van der Waals surface area contributed by atoms with Crippen LogP contribution < -0.4 is 10.2 Å². The molecule has 3 rings (SSSR count). The molecular weight excluding hydrogens is 352 g/mol. The van der Waals surface area contributed by atoms with Gasteiger partial charge in [-0.1, -0.05) is 17.7 Å². The number of hydrogen-bond donors (Lipinski definition) is 1. The maximum absolute atomic E-state index is 12.4. The molecule has 1 amide bonds. The number of aryl methyl sites for hydroxylation is 2. The second-order valence-electron chi connectivity index (χ2n) is 6.72. The number of anilines is 2. The van der Waals surface area contributed by atoms with Crippen molar-refractivity contribution < 1.29 is 13.2 Å². The van der Waals surface area contributed by atoms with Gasteiger partial charge < -0.3 is 10.2 Å². The third-order valence-corrected chi connectivity index (χ3v) is 6.38. The zero-order valence-electron chi connectivity index (χ0n) is 15.1. The van der Waals surface area contributed by atoms with Gasteiger partial charge in [0.25, 0.3) is 5.91 Å². The van der Waals surface area contributed by atoms with Gasteiger partial charge in [0.2, 0.25) is 0 Å². The molecule has 1 aromatic heterocycles. The Balaban J connectivity index is 1.70. The molecule has 8 heteroatoms. The molecule has 2 aromatic rings. The molecule has 26 heavy (non-hydrogen) atoms. The van der Waals surface area contributed by atoms with Gasteiger partial charge in [0.15, 0.2) is 21.3 Å². The van der Waals surface area contributed by atoms with E-state index in [0.717, 1.165) is 16.8 Å². The maximum atomic E-state index is 12.4. The van der Waals surface area contributed by atoms with Gasteiger partial charge in [-0.25, -0.2) is 8.42 Å². The molecule has 1 fully saturated rings. The van der Waals surface area contributed by atoms with Gasteiger partial charge >= 0.3 is 0 Å². The fourth-order valence-corrected chi connectivity index (χ4v) is 4.82. The summed E-state index contributed by atoms with van der Waals surface area (Å²) >= 11 is 0. The molecule has 0 aliphatic carbocycles. The summed E-state index contributed by atoms with van der Waals surface area (Å²) in [5.41, 5.74) is 3.05. The number of carbonyl (C=O) groups is 1. The van der Waals surface area contributed by atoms with Crippen molar-refractivity contribution in [3.63, 3.8) is 0 Å². The van der Waals surface area contributed by atoms with Crippen molar-refractivity contribution in [3.05, 3.63) is 47.2 Å². The minimum absolute atomic E-state index is 0.107. The molecule has 0 spiro atoms. The van der Waals surface area contributed by atoms with E-state index in [-0.39, 0.29) is 29.1 Å². The Hall–Kier alpha value is -2.48. The first-order valence-corrected chi connectivity index (χ1v) is 10.2. The number of aromatic nitrogens is 2. The molecule has 1 atom stereocenters. The van der Waals surface area contributed by atoms with Crippen molar-refractivity contribution in [2.75, 3.05) is 28.8 Å². The first-order chi connectivity index (χ1) is 12.2. The largest absolute Gasteiger partial charge is 0.354 e. The summed E-state index contributed by atoms with van der Waals surface area (Å²) in [5, 5.41) is 10.9. The third-order valence-electron chi connectivity index (χ3n) is 4.63. The second-order valence-corrected chi connectivity index (χ2v) is 8.95. The van der Waals surface area contributed by atoms with Crippen molar-refractivity contribution in [1.29, 1.82) is 0 Å². The number of amides is 1. The molecule has 7 nitrogen and oxygen atoms in total. The van der Waals surface area contributed by atoms with Crippen LogP contribution in [0.4, 0.5) is 11.5 Å². The summed E-state index contributed by atoms with van der Waals surface area (Å²) in [6, 6.07) is 8.97. The molecule has 2 heterocycles. The Morgan fingerprint density at radius 3 is 2.54 bits per heavy atom. The van der Waals surface area contributed by atoms with Crippen molar-refractivity contribution in [3.8, 4) is 0 Å². The number of rotatable bonds is 4. The first-order valence-electron chi connectivity index (χ1n) is 8.41. The molecule has 0 bridgehead atoms. The Labute approximate surface area is 153 Å². The van der Waals surface area contributed by atoms with Crippen molar-refractivity contribution >= 4 is 27.2 Å². The predicted molar refractivity (Wildman–Crippen MR) is 101 cm³/mol. The summed E-state index contributed by atoms with van der Waals surface area (Å²) in [6.07, 6.45) is 0.579. The minimum atomic E-state index is -2.97. The topological polar surface area (TPSA) is 92.3 Å². The molecule has 1 N–H and O–H groups in total. The summed E-state index contributed by atoms with van der Waals surface area (Å²) in [6.45, 7) is 3.93. The number of nitrogens with one attached hydrogen (secondary N) is 1. The fraction of sp³-hybridized carbons (Fsp3) is 0.389. The van der Waals surface area contributed by atoms with E-state index in [4.69, 9.17) is 0 Å². The molecule has 1 saturated heterocycles. The minimum Gasteiger partial charge on any atom is -0.354 e. The summed E-state index contributed by atoms with van der Waals surface area (Å²) in [5.74, 6) is 0.545. The van der Waals surface area contributed by atoms with E-state index in [1.807, 2.05) is 36.9 Å². The fourth-order valence-electron chi connectivity index (χ4n) is 3.04. The lowest BCUT2D eigenvalue weighted by Crippen LogP contribution is -2.33. The summed E-state index contributed by atoms with van der Waals surface area (Å²) in [7, 11) is -1.17. The highest BCUT2D eigenvalue weighted by Gasteiger charge is 2.31. The lowest BCUT2D eigenvalue weighted by Gasteiger charge is -2.23. The van der Waals surface area contributed by atoms with Gasteiger partial charge in [0, 0.05) is 18.8 Å². The summed E-state index contributed by atoms with van der Waals surface area (Å²) in [4.78, 5) is 14.2. The van der Waals surface area contributed by atoms with Crippen LogP contribution in [0.3, 0.4) is 0 Å². The third kappa shape index (κ3) is 4.01. The van der Waals surface area contributed by atoms with E-state index in [1.54, 1.807) is 19.2 Å². The lowest BCUT2D eigenvalue weighted by molar-refractivity contribution is 0.102. The standard InChI is InChI=1S/C18H22N4O3S/c1-12-4-5-15(13(2)10-12)19-18(23)16-6-7-17(21-20-16)22(3)14-8-9-26(24,25)11-14/h4-7,10,14H,8-9,11H2,1-3H3,(H,19,23). The average molecular weight is 374 g/mol. The van der Waals surface area contributed by atoms with Crippen LogP contribution in [0.15, 0.2) is 30.3 Å². The predicted octanol–water partition coefficient (Wildman–Crippen LogP) is 1.97. The molecule has 1 aliphatic rings. The van der Waals surface area contributed by atoms with Crippen LogP contribution in [0.2, 0.25) is 0 Å². The molecule has 0 saturated carbocycles. The van der Waals surface area contributed by atoms with E-state index in [1.165, 1.54) is 0 Å². The van der Waals surface area contributed by atoms with Crippen LogP contribution in [-0.4, -0.2) is 49.1 Å². The van der Waals surface area contributed by atoms with Gasteiger partial charge in [0.05, 0.1) is 11.5 Å². The molecule has 138 valence electrons. The zero-order valence-corrected chi connectivity index (χ0v) is 15.9. The van der Waals surface area contributed by atoms with E-state index >= 15 is 0 Å². The van der Waals surface area contributed by atoms with Gasteiger partial charge in [-0.2, -0.15) is 0 Å². The SMILES string of the molecule is Cc1ccc(NC(=O)c2ccc(N(C)C3CCS(=O)(=O)C3)nn2)c(C)c1. The zero-order chi connectivity index (χ0) is 18.9. The van der Waals surface area contributed by atoms with E-state index in [9.17, 15) is 13.2 Å². The van der Waals surface area contributed by atoms with Gasteiger partial charge in [-0.05, 0) is 44.0 Å². The highest BCUT2D eigenvalue weighted by atomic mass is 32.2. The monoisotopic (exact) mass is 374 g/mol. The molecule has 1 aliphatic heterocycles. The first kappa shape index (κ1) is 18.3. The molecular formula is C18H22N4O3S. The number of carbonyl (C=O) groups excluding carboxylic acids is 1. The highest BCUT2D eigenvalue weighted by molar-refractivity contribution is 7.91. The number of benzene rings is 1. The van der Waals surface area contributed by atoms with Gasteiger partial charge in [-0.15, -0.1) is 10.2 Å². The van der Waals surface area contributed by atoms with Gasteiger partial charge in [0.1, 0.15) is 0 Å². The van der Waals surface area contributed by atoms with Crippen LogP contribution in [0.25, 0.3) is 0 Å². The van der Waals surface area contributed by atoms with Gasteiger partial charge in [-0.3, -0.25) is 4.79 Å².